The number of hydrogen-bond acceptors (Lipinski definition) is 2. The Hall–Kier alpha value is 0.200. The normalized spacial score (nSPS) is 34.9. The van der Waals surface area contributed by atoms with Crippen LogP contribution in [0.15, 0.2) is 0 Å². The lowest BCUT2D eigenvalue weighted by molar-refractivity contribution is 0.137. The first-order valence-corrected chi connectivity index (χ1v) is 7.54. The zero-order valence-electron chi connectivity index (χ0n) is 9.16. The van der Waals surface area contributed by atoms with E-state index in [1.807, 2.05) is 13.8 Å². The van der Waals surface area contributed by atoms with Crippen LogP contribution in [0.4, 0.5) is 0 Å². The molecule has 0 spiro atoms. The van der Waals surface area contributed by atoms with Gasteiger partial charge >= 0.3 is 0 Å². The fourth-order valence-corrected chi connectivity index (χ4v) is 4.15. The van der Waals surface area contributed by atoms with Crippen molar-refractivity contribution in [2.24, 2.45) is 11.3 Å². The highest BCUT2D eigenvalue weighted by molar-refractivity contribution is 7.89. The van der Waals surface area contributed by atoms with Gasteiger partial charge in [0, 0.05) is 11.4 Å². The molecule has 88 valence electrons. The smallest absolute Gasteiger partial charge is 0.212 e. The van der Waals surface area contributed by atoms with Gasteiger partial charge in [-0.3, -0.25) is 0 Å². The van der Waals surface area contributed by atoms with Crippen molar-refractivity contribution in [1.29, 1.82) is 0 Å². The minimum Gasteiger partial charge on any atom is -0.212 e. The molecule has 2 rings (SSSR count). The Labute approximate surface area is 96.6 Å². The Kier molecular flexibility index (Phi) is 2.81. The predicted molar refractivity (Wildman–Crippen MR) is 61.5 cm³/mol. The fraction of sp³-hybridized carbons (Fsp3) is 1.00. The molecule has 2 aliphatic carbocycles. The van der Waals surface area contributed by atoms with Crippen LogP contribution in [-0.2, 0) is 10.0 Å². The van der Waals surface area contributed by atoms with Crippen LogP contribution >= 0.6 is 11.6 Å². The van der Waals surface area contributed by atoms with Gasteiger partial charge in [0.25, 0.3) is 0 Å². The Morgan fingerprint density at radius 2 is 2.00 bits per heavy atom. The molecule has 0 aliphatic heterocycles. The summed E-state index contributed by atoms with van der Waals surface area (Å²) in [5.74, 6) is 0.699. The van der Waals surface area contributed by atoms with Crippen molar-refractivity contribution >= 4 is 21.6 Å². The van der Waals surface area contributed by atoms with Crippen LogP contribution in [0.2, 0.25) is 0 Å². The van der Waals surface area contributed by atoms with Crippen molar-refractivity contribution in [2.75, 3.05) is 5.75 Å². The molecular weight excluding hydrogens is 234 g/mol. The predicted octanol–water partition coefficient (Wildman–Crippen LogP) is 1.72. The maximum atomic E-state index is 11.7. The average Bonchev–Trinajstić information content (AvgIpc) is 2.86. The standard InChI is InChI=1S/C10H18ClNO2S/c1-10(2)8(11)5-9(10)12-15(13,14)6-7-3-4-7/h7-9,12H,3-6H2,1-2H3. The van der Waals surface area contributed by atoms with Crippen LogP contribution in [0.3, 0.4) is 0 Å². The quantitative estimate of drug-likeness (QED) is 0.774. The molecule has 0 heterocycles. The largest absolute Gasteiger partial charge is 0.212 e. The summed E-state index contributed by atoms with van der Waals surface area (Å²) in [5.41, 5.74) is -0.113. The van der Waals surface area contributed by atoms with E-state index in [0.29, 0.717) is 11.7 Å². The van der Waals surface area contributed by atoms with Crippen LogP contribution in [-0.4, -0.2) is 25.6 Å². The maximum Gasteiger partial charge on any atom is 0.212 e. The molecular formula is C10H18ClNO2S. The van der Waals surface area contributed by atoms with Crippen LogP contribution in [0.25, 0.3) is 0 Å². The molecule has 0 aromatic heterocycles. The maximum absolute atomic E-state index is 11.7. The number of nitrogens with one attached hydrogen (secondary N) is 1. The van der Waals surface area contributed by atoms with Gasteiger partial charge < -0.3 is 0 Å². The lowest BCUT2D eigenvalue weighted by Gasteiger charge is -2.49. The highest BCUT2D eigenvalue weighted by Gasteiger charge is 2.48. The molecule has 2 saturated carbocycles. The molecule has 2 aliphatic rings. The fourth-order valence-electron chi connectivity index (χ4n) is 1.93. The minimum absolute atomic E-state index is 0.0174. The number of rotatable bonds is 4. The third-order valence-electron chi connectivity index (χ3n) is 3.62. The van der Waals surface area contributed by atoms with E-state index in [1.54, 1.807) is 0 Å². The van der Waals surface area contributed by atoms with Gasteiger partial charge in [-0.2, -0.15) is 0 Å². The number of sulfonamides is 1. The Morgan fingerprint density at radius 3 is 2.40 bits per heavy atom. The van der Waals surface area contributed by atoms with Gasteiger partial charge in [-0.05, 0) is 30.6 Å². The topological polar surface area (TPSA) is 46.2 Å². The molecule has 3 nitrogen and oxygen atoms in total. The van der Waals surface area contributed by atoms with Crippen molar-refractivity contribution in [3.8, 4) is 0 Å². The highest BCUT2D eigenvalue weighted by atomic mass is 35.5. The Bertz CT molecular complexity index is 348. The molecule has 2 unspecified atom stereocenters. The average molecular weight is 252 g/mol. The molecule has 2 atom stereocenters. The molecule has 0 saturated heterocycles. The monoisotopic (exact) mass is 251 g/mol. The van der Waals surface area contributed by atoms with Gasteiger partial charge in [-0.1, -0.05) is 13.8 Å². The van der Waals surface area contributed by atoms with Gasteiger partial charge in [0.2, 0.25) is 10.0 Å². The number of hydrogen-bond donors (Lipinski definition) is 1. The molecule has 0 bridgehead atoms. The molecule has 0 radical (unpaired) electrons. The van der Waals surface area contributed by atoms with E-state index in [1.165, 1.54) is 0 Å². The summed E-state index contributed by atoms with van der Waals surface area (Å²) in [6.07, 6.45) is 2.87. The van der Waals surface area contributed by atoms with Crippen LogP contribution < -0.4 is 4.72 Å². The lowest BCUT2D eigenvalue weighted by Crippen LogP contribution is -2.59. The minimum atomic E-state index is -3.08. The zero-order valence-corrected chi connectivity index (χ0v) is 10.7. The van der Waals surface area contributed by atoms with E-state index in [2.05, 4.69) is 4.72 Å². The van der Waals surface area contributed by atoms with E-state index >= 15 is 0 Å². The second-order valence-corrected chi connectivity index (χ2v) is 7.75. The molecule has 15 heavy (non-hydrogen) atoms. The van der Waals surface area contributed by atoms with Crippen molar-refractivity contribution in [3.05, 3.63) is 0 Å². The van der Waals surface area contributed by atoms with Gasteiger partial charge in [-0.15, -0.1) is 11.6 Å². The van der Waals surface area contributed by atoms with E-state index in [0.717, 1.165) is 19.3 Å². The van der Waals surface area contributed by atoms with E-state index in [9.17, 15) is 8.42 Å². The molecule has 5 heteroatoms. The Morgan fingerprint density at radius 1 is 1.40 bits per heavy atom. The summed E-state index contributed by atoms with van der Waals surface area (Å²) in [6.45, 7) is 4.02. The molecule has 2 fully saturated rings. The summed E-state index contributed by atoms with van der Waals surface area (Å²) in [7, 11) is -3.08. The SMILES string of the molecule is CC1(C)C(Cl)CC1NS(=O)(=O)CC1CC1. The first-order chi connectivity index (χ1) is 6.81. The van der Waals surface area contributed by atoms with Crippen LogP contribution in [0, 0.1) is 11.3 Å². The summed E-state index contributed by atoms with van der Waals surface area (Å²) in [5, 5.41) is 0.0890. The highest BCUT2D eigenvalue weighted by Crippen LogP contribution is 2.44. The summed E-state index contributed by atoms with van der Waals surface area (Å²) in [4.78, 5) is 0. The zero-order chi connectivity index (χ0) is 11.3. The van der Waals surface area contributed by atoms with Crippen molar-refractivity contribution in [1.82, 2.24) is 4.72 Å². The molecule has 0 aromatic carbocycles. The third-order valence-corrected chi connectivity index (χ3v) is 5.92. The van der Waals surface area contributed by atoms with Gasteiger partial charge in [0.15, 0.2) is 0 Å². The number of halogens is 1. The van der Waals surface area contributed by atoms with Crippen molar-refractivity contribution in [2.45, 2.75) is 44.5 Å². The van der Waals surface area contributed by atoms with Crippen LogP contribution in [0.5, 0.6) is 0 Å². The molecule has 0 amide bonds. The number of alkyl halides is 1. The van der Waals surface area contributed by atoms with E-state index in [4.69, 9.17) is 11.6 Å². The molecule has 1 N–H and O–H groups in total. The summed E-state index contributed by atoms with van der Waals surface area (Å²) >= 11 is 6.05. The van der Waals surface area contributed by atoms with Crippen LogP contribution in [0.1, 0.15) is 33.1 Å². The first kappa shape index (κ1) is 11.7. The second kappa shape index (κ2) is 3.60. The van der Waals surface area contributed by atoms with Gasteiger partial charge in [0.1, 0.15) is 0 Å². The second-order valence-electron chi connectivity index (χ2n) is 5.42. The van der Waals surface area contributed by atoms with Gasteiger partial charge in [-0.25, -0.2) is 13.1 Å². The van der Waals surface area contributed by atoms with E-state index in [-0.39, 0.29) is 16.8 Å². The van der Waals surface area contributed by atoms with Crippen molar-refractivity contribution in [3.63, 3.8) is 0 Å². The summed E-state index contributed by atoms with van der Waals surface area (Å²) in [6, 6.07) is 0.0174. The Balaban J connectivity index is 1.91. The van der Waals surface area contributed by atoms with E-state index < -0.39 is 10.0 Å². The summed E-state index contributed by atoms with van der Waals surface area (Å²) < 4.78 is 26.2. The first-order valence-electron chi connectivity index (χ1n) is 5.45. The molecule has 0 aromatic rings. The third kappa shape index (κ3) is 2.48. The van der Waals surface area contributed by atoms with Gasteiger partial charge in [0.05, 0.1) is 5.75 Å². The van der Waals surface area contributed by atoms with Crippen molar-refractivity contribution < 1.29 is 8.42 Å². The lowest BCUT2D eigenvalue weighted by atomic mass is 9.67.